The molecule has 0 bridgehead atoms. The van der Waals surface area contributed by atoms with E-state index in [2.05, 4.69) is 62.4 Å². The zero-order chi connectivity index (χ0) is 20.4. The van der Waals surface area contributed by atoms with E-state index in [9.17, 15) is 9.59 Å². The summed E-state index contributed by atoms with van der Waals surface area (Å²) < 4.78 is 1.22. The van der Waals surface area contributed by atoms with Crippen molar-refractivity contribution in [1.82, 2.24) is 15.1 Å². The molecule has 1 atom stereocenters. The van der Waals surface area contributed by atoms with Crippen LogP contribution in [0.4, 0.5) is 0 Å². The van der Waals surface area contributed by atoms with E-state index in [-0.39, 0.29) is 29.1 Å². The minimum Gasteiger partial charge on any atom is -0.344 e. The highest BCUT2D eigenvalue weighted by atomic mass is 16.2. The molecule has 5 nitrogen and oxygen atoms in total. The smallest absolute Gasteiger partial charge is 0.274 e. The number of carbonyl (C=O) groups excluding carboxylic acids is 1. The van der Waals surface area contributed by atoms with E-state index < -0.39 is 0 Å². The van der Waals surface area contributed by atoms with Crippen LogP contribution >= 0.6 is 0 Å². The van der Waals surface area contributed by atoms with Crippen LogP contribution in [-0.4, -0.2) is 15.7 Å². The van der Waals surface area contributed by atoms with E-state index in [0.29, 0.717) is 16.7 Å². The molecule has 0 aliphatic carbocycles. The monoisotopic (exact) mass is 377 g/mol. The highest BCUT2D eigenvalue weighted by Gasteiger charge is 2.22. The molecule has 1 unspecified atom stereocenters. The van der Waals surface area contributed by atoms with Crippen molar-refractivity contribution in [1.29, 1.82) is 0 Å². The van der Waals surface area contributed by atoms with E-state index in [1.165, 1.54) is 10.2 Å². The standard InChI is InChI=1S/C23H27N3O2/c1-14(2)16-10-12-17(13-11-16)20(15(3)4)24-22(27)21-18-8-6-7-9-19(18)23(28)26(5)25-21/h6-15,20H,1-5H3,(H,24,27). The molecule has 28 heavy (non-hydrogen) atoms. The lowest BCUT2D eigenvalue weighted by atomic mass is 9.93. The van der Waals surface area contributed by atoms with Crippen LogP contribution in [0.5, 0.6) is 0 Å². The number of nitrogens with zero attached hydrogens (tertiary/aromatic N) is 2. The Hall–Kier alpha value is -2.95. The molecule has 0 aliphatic rings. The number of carbonyl (C=O) groups is 1. The van der Waals surface area contributed by atoms with E-state index in [0.717, 1.165) is 5.56 Å². The fraction of sp³-hybridized carbons (Fsp3) is 0.348. The molecule has 2 aromatic carbocycles. The topological polar surface area (TPSA) is 64.0 Å². The maximum absolute atomic E-state index is 13.1. The summed E-state index contributed by atoms with van der Waals surface area (Å²) in [5.74, 6) is 0.383. The molecule has 0 aliphatic heterocycles. The van der Waals surface area contributed by atoms with Crippen LogP contribution in [0.25, 0.3) is 10.8 Å². The first kappa shape index (κ1) is 19.8. The lowest BCUT2D eigenvalue weighted by Gasteiger charge is -2.23. The molecular formula is C23H27N3O2. The fourth-order valence-electron chi connectivity index (χ4n) is 3.40. The Morgan fingerprint density at radius 1 is 0.929 bits per heavy atom. The van der Waals surface area contributed by atoms with Crippen LogP contribution in [0.1, 0.15) is 61.3 Å². The lowest BCUT2D eigenvalue weighted by molar-refractivity contribution is 0.0920. The number of benzene rings is 2. The average molecular weight is 377 g/mol. The quantitative estimate of drug-likeness (QED) is 0.725. The zero-order valence-corrected chi connectivity index (χ0v) is 17.1. The van der Waals surface area contributed by atoms with Gasteiger partial charge < -0.3 is 5.32 Å². The molecule has 0 saturated carbocycles. The number of fused-ring (bicyclic) bond motifs is 1. The van der Waals surface area contributed by atoms with Crippen molar-refractivity contribution in [2.24, 2.45) is 13.0 Å². The molecule has 146 valence electrons. The predicted molar refractivity (Wildman–Crippen MR) is 113 cm³/mol. The van der Waals surface area contributed by atoms with Gasteiger partial charge in [0.15, 0.2) is 5.69 Å². The first-order valence-electron chi connectivity index (χ1n) is 9.66. The van der Waals surface area contributed by atoms with Crippen LogP contribution in [0.2, 0.25) is 0 Å². The van der Waals surface area contributed by atoms with Crippen molar-refractivity contribution in [2.45, 2.75) is 39.7 Å². The average Bonchev–Trinajstić information content (AvgIpc) is 2.68. The molecule has 3 aromatic rings. The van der Waals surface area contributed by atoms with Gasteiger partial charge in [-0.05, 0) is 29.0 Å². The third-order valence-corrected chi connectivity index (χ3v) is 5.09. The second-order valence-corrected chi connectivity index (χ2v) is 7.84. The minimum absolute atomic E-state index is 0.147. The SMILES string of the molecule is CC(C)c1ccc(C(NC(=O)c2nn(C)c(=O)c3ccccc23)C(C)C)cc1. The van der Waals surface area contributed by atoms with Crippen molar-refractivity contribution in [2.75, 3.05) is 0 Å². The number of aryl methyl sites for hydroxylation is 1. The Kier molecular flexibility index (Phi) is 5.63. The molecule has 0 spiro atoms. The van der Waals surface area contributed by atoms with Gasteiger partial charge in [-0.25, -0.2) is 4.68 Å². The maximum atomic E-state index is 13.1. The summed E-state index contributed by atoms with van der Waals surface area (Å²) >= 11 is 0. The van der Waals surface area contributed by atoms with Crippen molar-refractivity contribution in [3.8, 4) is 0 Å². The van der Waals surface area contributed by atoms with Gasteiger partial charge in [-0.15, -0.1) is 0 Å². The second kappa shape index (κ2) is 7.97. The van der Waals surface area contributed by atoms with Crippen LogP contribution in [-0.2, 0) is 7.05 Å². The summed E-state index contributed by atoms with van der Waals surface area (Å²) in [4.78, 5) is 25.4. The maximum Gasteiger partial charge on any atom is 0.274 e. The van der Waals surface area contributed by atoms with Crippen LogP contribution in [0.3, 0.4) is 0 Å². The highest BCUT2D eigenvalue weighted by Crippen LogP contribution is 2.25. The molecule has 0 fully saturated rings. The number of aromatic nitrogens is 2. The largest absolute Gasteiger partial charge is 0.344 e. The summed E-state index contributed by atoms with van der Waals surface area (Å²) in [5.41, 5.74) is 2.38. The van der Waals surface area contributed by atoms with Crippen LogP contribution < -0.4 is 10.9 Å². The molecule has 1 heterocycles. The van der Waals surface area contributed by atoms with Gasteiger partial charge >= 0.3 is 0 Å². The van der Waals surface area contributed by atoms with Gasteiger partial charge in [-0.2, -0.15) is 5.10 Å². The van der Waals surface area contributed by atoms with Gasteiger partial charge in [0.25, 0.3) is 11.5 Å². The van der Waals surface area contributed by atoms with Gasteiger partial charge in [0.05, 0.1) is 11.4 Å². The number of hydrogen-bond acceptors (Lipinski definition) is 3. The Labute approximate surface area is 165 Å². The summed E-state index contributed by atoms with van der Waals surface area (Å²) in [6, 6.07) is 15.3. The van der Waals surface area contributed by atoms with Crippen molar-refractivity contribution in [3.63, 3.8) is 0 Å². The van der Waals surface area contributed by atoms with E-state index in [1.54, 1.807) is 25.2 Å². The summed E-state index contributed by atoms with van der Waals surface area (Å²) in [6.07, 6.45) is 0. The first-order chi connectivity index (χ1) is 13.3. The first-order valence-corrected chi connectivity index (χ1v) is 9.66. The van der Waals surface area contributed by atoms with E-state index >= 15 is 0 Å². The van der Waals surface area contributed by atoms with Crippen molar-refractivity contribution in [3.05, 3.63) is 75.7 Å². The molecule has 3 rings (SSSR count). The molecule has 5 heteroatoms. The Morgan fingerprint density at radius 2 is 1.50 bits per heavy atom. The van der Waals surface area contributed by atoms with Gasteiger partial charge in [0.2, 0.25) is 0 Å². The molecule has 1 amide bonds. The van der Waals surface area contributed by atoms with Gasteiger partial charge in [-0.1, -0.05) is 70.2 Å². The minimum atomic E-state index is -0.279. The highest BCUT2D eigenvalue weighted by molar-refractivity contribution is 6.04. The summed E-state index contributed by atoms with van der Waals surface area (Å²) in [7, 11) is 1.57. The third-order valence-electron chi connectivity index (χ3n) is 5.09. The van der Waals surface area contributed by atoms with E-state index in [4.69, 9.17) is 0 Å². The van der Waals surface area contributed by atoms with Crippen molar-refractivity contribution >= 4 is 16.7 Å². The third kappa shape index (κ3) is 3.84. The Bertz CT molecular complexity index is 1050. The molecular weight excluding hydrogens is 350 g/mol. The number of amides is 1. The van der Waals surface area contributed by atoms with Crippen LogP contribution in [0.15, 0.2) is 53.3 Å². The predicted octanol–water partition coefficient (Wildman–Crippen LogP) is 4.18. The fourth-order valence-corrected chi connectivity index (χ4v) is 3.40. The van der Waals surface area contributed by atoms with Gasteiger partial charge in [0, 0.05) is 12.4 Å². The number of hydrogen-bond donors (Lipinski definition) is 1. The number of rotatable bonds is 5. The molecule has 1 N–H and O–H groups in total. The van der Waals surface area contributed by atoms with Gasteiger partial charge in [-0.3, -0.25) is 9.59 Å². The summed E-state index contributed by atoms with van der Waals surface area (Å²) in [5, 5.41) is 8.42. The zero-order valence-electron chi connectivity index (χ0n) is 17.1. The van der Waals surface area contributed by atoms with Crippen molar-refractivity contribution < 1.29 is 4.79 Å². The lowest BCUT2D eigenvalue weighted by Crippen LogP contribution is -2.34. The Balaban J connectivity index is 1.97. The van der Waals surface area contributed by atoms with Crippen LogP contribution in [0, 0.1) is 5.92 Å². The Morgan fingerprint density at radius 3 is 2.07 bits per heavy atom. The van der Waals surface area contributed by atoms with E-state index in [1.807, 2.05) is 6.07 Å². The van der Waals surface area contributed by atoms with Gasteiger partial charge in [0.1, 0.15) is 0 Å². The summed E-state index contributed by atoms with van der Waals surface area (Å²) in [6.45, 7) is 8.47. The molecule has 1 aromatic heterocycles. The molecule has 0 saturated heterocycles. The number of nitrogens with one attached hydrogen (secondary N) is 1. The molecule has 0 radical (unpaired) electrons. The second-order valence-electron chi connectivity index (χ2n) is 7.84. The normalized spacial score (nSPS) is 12.5.